The van der Waals surface area contributed by atoms with Crippen LogP contribution in [-0.4, -0.2) is 15.8 Å². The van der Waals surface area contributed by atoms with Gasteiger partial charge in [-0.05, 0) is 48.6 Å². The minimum Gasteiger partial charge on any atom is -0.432 e. The average molecular weight is 405 g/mol. The van der Waals surface area contributed by atoms with Crippen molar-refractivity contribution in [2.24, 2.45) is 0 Å². The lowest BCUT2D eigenvalue weighted by Gasteiger charge is -2.01. The third-order valence-corrected chi connectivity index (χ3v) is 5.13. The molecule has 0 atom stereocenters. The minimum absolute atomic E-state index is 0.0734. The van der Waals surface area contributed by atoms with Crippen LogP contribution in [0.3, 0.4) is 0 Å². The summed E-state index contributed by atoms with van der Waals surface area (Å²) in [5.41, 5.74) is 4.18. The predicted octanol–water partition coefficient (Wildman–Crippen LogP) is 6.53. The molecular weight excluding hydrogens is 384 g/mol. The molecule has 0 saturated heterocycles. The van der Waals surface area contributed by atoms with E-state index < -0.39 is 0 Å². The Bertz CT molecular complexity index is 1100. The van der Waals surface area contributed by atoms with Crippen LogP contribution < -0.4 is 0 Å². The molecule has 0 bridgehead atoms. The predicted molar refractivity (Wildman–Crippen MR) is 115 cm³/mol. The second-order valence-electron chi connectivity index (χ2n) is 7.04. The lowest BCUT2D eigenvalue weighted by Crippen LogP contribution is -1.99. The van der Waals surface area contributed by atoms with Gasteiger partial charge in [0.15, 0.2) is 11.2 Å². The van der Waals surface area contributed by atoms with Crippen LogP contribution >= 0.6 is 11.6 Å². The van der Waals surface area contributed by atoms with Gasteiger partial charge in [-0.2, -0.15) is 4.98 Å². The number of aromatic nitrogens is 2. The highest BCUT2D eigenvalue weighted by molar-refractivity contribution is 6.30. The molecule has 0 aliphatic carbocycles. The second kappa shape index (κ2) is 9.01. The van der Waals surface area contributed by atoms with E-state index in [2.05, 4.69) is 34.2 Å². The first-order valence-corrected chi connectivity index (χ1v) is 10.2. The van der Waals surface area contributed by atoms with Crippen LogP contribution in [0.5, 0.6) is 0 Å². The van der Waals surface area contributed by atoms with E-state index in [9.17, 15) is 4.79 Å². The van der Waals surface area contributed by atoms with Gasteiger partial charge in [-0.25, -0.2) is 4.98 Å². The number of hydrogen-bond acceptors (Lipinski definition) is 4. The molecule has 4 rings (SSSR count). The molecule has 2 aromatic carbocycles. The first kappa shape index (κ1) is 19.3. The van der Waals surface area contributed by atoms with Crippen LogP contribution in [0.1, 0.15) is 41.9 Å². The zero-order valence-electron chi connectivity index (χ0n) is 16.0. The topological polar surface area (TPSA) is 56.0 Å². The Morgan fingerprint density at radius 1 is 0.931 bits per heavy atom. The molecule has 0 amide bonds. The van der Waals surface area contributed by atoms with Crippen LogP contribution in [0.25, 0.3) is 22.4 Å². The molecule has 146 valence electrons. The molecule has 4 nitrogen and oxygen atoms in total. The van der Waals surface area contributed by atoms with Crippen molar-refractivity contribution in [3.8, 4) is 11.1 Å². The third kappa shape index (κ3) is 4.90. The molecule has 0 radical (unpaired) electrons. The molecule has 0 fully saturated rings. The summed E-state index contributed by atoms with van der Waals surface area (Å²) in [4.78, 5) is 21.0. The van der Waals surface area contributed by atoms with Crippen molar-refractivity contribution in [3.63, 3.8) is 0 Å². The van der Waals surface area contributed by atoms with E-state index in [0.717, 1.165) is 36.8 Å². The zero-order chi connectivity index (χ0) is 20.1. The Hall–Kier alpha value is -2.98. The molecule has 0 aliphatic heterocycles. The van der Waals surface area contributed by atoms with Gasteiger partial charge in [-0.3, -0.25) is 4.79 Å². The molecule has 2 heterocycles. The normalized spacial score (nSPS) is 11.1. The number of pyridine rings is 1. The Balaban J connectivity index is 1.35. The number of benzene rings is 2. The quantitative estimate of drug-likeness (QED) is 0.247. The number of oxazole rings is 1. The summed E-state index contributed by atoms with van der Waals surface area (Å²) in [6, 6.07) is 19.8. The second-order valence-corrected chi connectivity index (χ2v) is 7.48. The smallest absolute Gasteiger partial charge is 0.265 e. The van der Waals surface area contributed by atoms with Crippen molar-refractivity contribution in [2.75, 3.05) is 0 Å². The van der Waals surface area contributed by atoms with E-state index >= 15 is 0 Å². The van der Waals surface area contributed by atoms with E-state index in [4.69, 9.17) is 16.0 Å². The number of carbonyl (C=O) groups excluding carboxylic acids is 1. The van der Waals surface area contributed by atoms with Gasteiger partial charge in [0, 0.05) is 23.2 Å². The Morgan fingerprint density at radius 3 is 2.52 bits per heavy atom. The Kier molecular flexibility index (Phi) is 6.01. The Morgan fingerprint density at radius 2 is 1.72 bits per heavy atom. The average Bonchev–Trinajstić information content (AvgIpc) is 3.18. The molecule has 0 aliphatic rings. The number of nitrogens with zero attached hydrogens (tertiary/aromatic N) is 2. The molecule has 29 heavy (non-hydrogen) atoms. The highest BCUT2D eigenvalue weighted by Gasteiger charge is 2.15. The summed E-state index contributed by atoms with van der Waals surface area (Å²) in [7, 11) is 0. The van der Waals surface area contributed by atoms with Crippen molar-refractivity contribution < 1.29 is 9.21 Å². The van der Waals surface area contributed by atoms with Crippen molar-refractivity contribution >= 4 is 28.6 Å². The maximum absolute atomic E-state index is 12.4. The lowest BCUT2D eigenvalue weighted by molar-refractivity contribution is 0.0947. The van der Waals surface area contributed by atoms with Gasteiger partial charge in [0.25, 0.3) is 5.89 Å². The number of aryl methyl sites for hydroxylation is 1. The summed E-state index contributed by atoms with van der Waals surface area (Å²) in [6.45, 7) is 0. The largest absolute Gasteiger partial charge is 0.432 e. The van der Waals surface area contributed by atoms with Gasteiger partial charge < -0.3 is 4.42 Å². The molecule has 0 unspecified atom stereocenters. The standard InChI is InChI=1S/C24H21ClN2O2/c25-20-13-11-18(12-14-20)19-15-22-23(26-16-19)27-24(29-22)21(28)10-6-2-5-9-17-7-3-1-4-8-17/h1,3-4,7-8,11-16H,2,5-6,9-10H2. The summed E-state index contributed by atoms with van der Waals surface area (Å²) in [6.07, 6.45) is 6.09. The molecule has 0 saturated carbocycles. The number of fused-ring (bicyclic) bond motifs is 1. The van der Waals surface area contributed by atoms with Crippen LogP contribution in [0, 0.1) is 0 Å². The SMILES string of the molecule is O=C(CCCCCc1ccccc1)c1nc2ncc(-c3ccc(Cl)cc3)cc2o1. The molecule has 0 N–H and O–H groups in total. The number of unbranched alkanes of at least 4 members (excludes halogenated alkanes) is 2. The first-order chi connectivity index (χ1) is 14.2. The van der Waals surface area contributed by atoms with Crippen LogP contribution in [0.4, 0.5) is 0 Å². The molecule has 5 heteroatoms. The van der Waals surface area contributed by atoms with Gasteiger partial charge >= 0.3 is 0 Å². The first-order valence-electron chi connectivity index (χ1n) is 9.79. The Labute approximate surface area is 174 Å². The lowest BCUT2D eigenvalue weighted by atomic mass is 10.1. The van der Waals surface area contributed by atoms with E-state index in [1.807, 2.05) is 36.4 Å². The number of hydrogen-bond donors (Lipinski definition) is 0. The molecule has 2 aromatic heterocycles. The number of carbonyl (C=O) groups is 1. The van der Waals surface area contributed by atoms with Crippen molar-refractivity contribution in [2.45, 2.75) is 32.1 Å². The molecular formula is C24H21ClN2O2. The highest BCUT2D eigenvalue weighted by atomic mass is 35.5. The van der Waals surface area contributed by atoms with Crippen molar-refractivity contribution in [1.29, 1.82) is 0 Å². The van der Waals surface area contributed by atoms with Crippen LogP contribution in [0.2, 0.25) is 5.02 Å². The highest BCUT2D eigenvalue weighted by Crippen LogP contribution is 2.25. The van der Waals surface area contributed by atoms with Gasteiger partial charge in [0.1, 0.15) is 0 Å². The molecule has 0 spiro atoms. The number of ketones is 1. The minimum atomic E-state index is -0.0734. The van der Waals surface area contributed by atoms with Gasteiger partial charge in [-0.15, -0.1) is 0 Å². The van der Waals surface area contributed by atoms with E-state index in [-0.39, 0.29) is 11.7 Å². The van der Waals surface area contributed by atoms with Crippen LogP contribution in [-0.2, 0) is 6.42 Å². The number of halogens is 1. The fourth-order valence-corrected chi connectivity index (χ4v) is 3.41. The summed E-state index contributed by atoms with van der Waals surface area (Å²) in [5.74, 6) is 0.0690. The fraction of sp³-hybridized carbons (Fsp3) is 0.208. The van der Waals surface area contributed by atoms with E-state index in [1.54, 1.807) is 6.20 Å². The maximum Gasteiger partial charge on any atom is 0.265 e. The monoisotopic (exact) mass is 404 g/mol. The summed E-state index contributed by atoms with van der Waals surface area (Å²) < 4.78 is 5.69. The zero-order valence-corrected chi connectivity index (χ0v) is 16.7. The number of Topliss-reactive ketones (excluding diaryl/α,β-unsaturated/α-hetero) is 1. The maximum atomic E-state index is 12.4. The van der Waals surface area contributed by atoms with Gasteiger partial charge in [0.2, 0.25) is 5.78 Å². The number of rotatable bonds is 8. The third-order valence-electron chi connectivity index (χ3n) is 4.88. The van der Waals surface area contributed by atoms with Gasteiger partial charge in [0.05, 0.1) is 0 Å². The summed E-state index contributed by atoms with van der Waals surface area (Å²) >= 11 is 5.94. The van der Waals surface area contributed by atoms with Crippen molar-refractivity contribution in [1.82, 2.24) is 9.97 Å². The summed E-state index contributed by atoms with van der Waals surface area (Å²) in [5, 5.41) is 0.680. The van der Waals surface area contributed by atoms with Crippen molar-refractivity contribution in [3.05, 3.63) is 83.3 Å². The van der Waals surface area contributed by atoms with E-state index in [0.29, 0.717) is 22.7 Å². The molecule has 4 aromatic rings. The van der Waals surface area contributed by atoms with Gasteiger partial charge in [-0.1, -0.05) is 60.5 Å². The fourth-order valence-electron chi connectivity index (χ4n) is 3.28. The van der Waals surface area contributed by atoms with E-state index in [1.165, 1.54) is 5.56 Å². The van der Waals surface area contributed by atoms with Crippen LogP contribution in [0.15, 0.2) is 71.3 Å².